The molecule has 2 fully saturated rings. The van der Waals surface area contributed by atoms with Gasteiger partial charge in [-0.1, -0.05) is 39.0 Å². The minimum Gasteiger partial charge on any atom is -0.289 e. The monoisotopic (exact) mass is 272 g/mol. The smallest absolute Gasteiger partial charge is 0.254 e. The summed E-state index contributed by atoms with van der Waals surface area (Å²) in [5.74, 6) is -0.287. The van der Waals surface area contributed by atoms with Crippen LogP contribution in [0.25, 0.3) is 0 Å². The Morgan fingerprint density at radius 1 is 1.15 bits per heavy atom. The lowest BCUT2D eigenvalue weighted by molar-refractivity contribution is -0.165. The van der Waals surface area contributed by atoms with Crippen molar-refractivity contribution in [1.29, 1.82) is 0 Å². The topological polar surface area (TPSA) is 49.4 Å². The van der Waals surface area contributed by atoms with E-state index < -0.39 is 5.41 Å². The van der Waals surface area contributed by atoms with E-state index in [1.165, 1.54) is 5.01 Å². The van der Waals surface area contributed by atoms with Gasteiger partial charge in [-0.3, -0.25) is 15.0 Å². The van der Waals surface area contributed by atoms with Gasteiger partial charge < -0.3 is 0 Å². The highest BCUT2D eigenvalue weighted by Gasteiger charge is 2.64. The molecule has 0 radical (unpaired) electrons. The van der Waals surface area contributed by atoms with Gasteiger partial charge in [-0.05, 0) is 30.4 Å². The van der Waals surface area contributed by atoms with E-state index in [0.717, 1.165) is 18.5 Å². The molecular weight excluding hydrogens is 252 g/mol. The molecule has 1 saturated carbocycles. The Labute approximate surface area is 119 Å². The Morgan fingerprint density at radius 2 is 1.80 bits per heavy atom. The summed E-state index contributed by atoms with van der Waals surface area (Å²) in [6.45, 7) is 6.07. The number of nitrogens with zero attached hydrogens (tertiary/aromatic N) is 1. The molecule has 106 valence electrons. The second kappa shape index (κ2) is 4.08. The molecular formula is C16H20N2O2. The molecule has 1 aromatic carbocycles. The fourth-order valence-corrected chi connectivity index (χ4v) is 3.57. The predicted octanol–water partition coefficient (Wildman–Crippen LogP) is 2.82. The number of imide groups is 1. The number of rotatable bonds is 2. The molecule has 3 rings (SSSR count). The number of nitrogens with one attached hydrogen (secondary N) is 1. The van der Waals surface area contributed by atoms with Crippen molar-refractivity contribution >= 4 is 17.5 Å². The number of carbonyl (C=O) groups excluding carboxylic acids is 2. The van der Waals surface area contributed by atoms with E-state index in [1.807, 2.05) is 51.1 Å². The molecule has 2 atom stereocenters. The predicted molar refractivity (Wildman–Crippen MR) is 76.5 cm³/mol. The number of hydrazine groups is 1. The molecule has 0 unspecified atom stereocenters. The summed E-state index contributed by atoms with van der Waals surface area (Å²) in [5, 5.41) is 1.23. The third kappa shape index (κ3) is 1.54. The number of fused-ring (bicyclic) bond motifs is 2. The van der Waals surface area contributed by atoms with Crippen LogP contribution in [-0.2, 0) is 9.59 Å². The summed E-state index contributed by atoms with van der Waals surface area (Å²) in [7, 11) is 0. The molecule has 4 nitrogen and oxygen atoms in total. The number of benzene rings is 1. The van der Waals surface area contributed by atoms with Crippen LogP contribution < -0.4 is 5.43 Å². The molecule has 1 aromatic rings. The Hall–Kier alpha value is -1.84. The van der Waals surface area contributed by atoms with Crippen LogP contribution in [0.5, 0.6) is 0 Å². The number of carbonyl (C=O) groups is 2. The summed E-state index contributed by atoms with van der Waals surface area (Å²) in [6.07, 6.45) is 1.57. The van der Waals surface area contributed by atoms with E-state index in [1.54, 1.807) is 0 Å². The van der Waals surface area contributed by atoms with Gasteiger partial charge in [-0.15, -0.1) is 0 Å². The van der Waals surface area contributed by atoms with Crippen molar-refractivity contribution in [1.82, 2.24) is 5.01 Å². The van der Waals surface area contributed by atoms with Crippen molar-refractivity contribution in [3.63, 3.8) is 0 Å². The summed E-state index contributed by atoms with van der Waals surface area (Å²) < 4.78 is 0. The molecule has 2 amide bonds. The molecule has 1 N–H and O–H groups in total. The van der Waals surface area contributed by atoms with Gasteiger partial charge in [0.15, 0.2) is 0 Å². The van der Waals surface area contributed by atoms with Crippen molar-refractivity contribution in [3.05, 3.63) is 30.3 Å². The number of hydrogen-bond acceptors (Lipinski definition) is 3. The van der Waals surface area contributed by atoms with Crippen molar-refractivity contribution in [2.24, 2.45) is 16.7 Å². The van der Waals surface area contributed by atoms with Crippen LogP contribution in [0, 0.1) is 16.7 Å². The largest absolute Gasteiger partial charge is 0.289 e. The van der Waals surface area contributed by atoms with Gasteiger partial charge in [-0.2, -0.15) is 5.01 Å². The fourth-order valence-electron chi connectivity index (χ4n) is 3.57. The van der Waals surface area contributed by atoms with E-state index in [4.69, 9.17) is 0 Å². The maximum absolute atomic E-state index is 12.8. The number of hydrogen-bond donors (Lipinski definition) is 1. The first-order chi connectivity index (χ1) is 9.38. The molecule has 1 aliphatic heterocycles. The minimum atomic E-state index is -0.465. The molecule has 1 saturated heterocycles. The van der Waals surface area contributed by atoms with E-state index in [0.29, 0.717) is 0 Å². The second-order valence-electron chi connectivity index (χ2n) is 6.60. The van der Waals surface area contributed by atoms with Crippen LogP contribution in [0.15, 0.2) is 30.3 Å². The highest BCUT2D eigenvalue weighted by atomic mass is 16.2. The highest BCUT2D eigenvalue weighted by molar-refractivity contribution is 6.04. The Bertz CT molecular complexity index is 567. The summed E-state index contributed by atoms with van der Waals surface area (Å²) in [6, 6.07) is 9.36. The van der Waals surface area contributed by atoms with Crippen molar-refractivity contribution in [2.75, 3.05) is 5.43 Å². The van der Waals surface area contributed by atoms with Gasteiger partial charge in [-0.25, -0.2) is 0 Å². The molecule has 0 spiro atoms. The average Bonchev–Trinajstić information content (AvgIpc) is 2.61. The number of amides is 2. The van der Waals surface area contributed by atoms with Crippen LogP contribution in [0.1, 0.15) is 33.6 Å². The Balaban J connectivity index is 1.95. The second-order valence-corrected chi connectivity index (χ2v) is 6.60. The zero-order valence-corrected chi connectivity index (χ0v) is 12.1. The van der Waals surface area contributed by atoms with Gasteiger partial charge in [0.1, 0.15) is 0 Å². The lowest BCUT2D eigenvalue weighted by Crippen LogP contribution is -2.60. The first-order valence-corrected chi connectivity index (χ1v) is 7.08. The number of para-hydroxylation sites is 1. The SMILES string of the molecule is CC1(C)[C@@H]2CC[C@]1(C)C(=O)N(Nc1ccccc1)C2=O. The van der Waals surface area contributed by atoms with Crippen molar-refractivity contribution < 1.29 is 9.59 Å². The Morgan fingerprint density at radius 3 is 2.45 bits per heavy atom. The highest BCUT2D eigenvalue weighted by Crippen LogP contribution is 2.59. The molecule has 20 heavy (non-hydrogen) atoms. The molecule has 0 aromatic heterocycles. The van der Waals surface area contributed by atoms with Gasteiger partial charge >= 0.3 is 0 Å². The van der Waals surface area contributed by atoms with Gasteiger partial charge in [0.2, 0.25) is 0 Å². The van der Waals surface area contributed by atoms with E-state index in [-0.39, 0.29) is 23.1 Å². The number of piperidine rings is 1. The van der Waals surface area contributed by atoms with E-state index in [2.05, 4.69) is 5.43 Å². The third-order valence-electron chi connectivity index (χ3n) is 5.43. The van der Waals surface area contributed by atoms with E-state index >= 15 is 0 Å². The molecule has 2 bridgehead atoms. The van der Waals surface area contributed by atoms with E-state index in [9.17, 15) is 9.59 Å². The van der Waals surface area contributed by atoms with Gasteiger partial charge in [0, 0.05) is 5.92 Å². The first kappa shape index (κ1) is 13.2. The Kier molecular flexibility index (Phi) is 2.68. The fraction of sp³-hybridized carbons (Fsp3) is 0.500. The van der Waals surface area contributed by atoms with Crippen LogP contribution in [0.2, 0.25) is 0 Å². The molecule has 1 heterocycles. The normalized spacial score (nSPS) is 31.6. The summed E-state index contributed by atoms with van der Waals surface area (Å²) in [5.41, 5.74) is 3.01. The van der Waals surface area contributed by atoms with Gasteiger partial charge in [0.25, 0.3) is 11.8 Å². The van der Waals surface area contributed by atoms with Crippen LogP contribution in [-0.4, -0.2) is 16.8 Å². The zero-order valence-electron chi connectivity index (χ0n) is 12.1. The van der Waals surface area contributed by atoms with Gasteiger partial charge in [0.05, 0.1) is 11.1 Å². The van der Waals surface area contributed by atoms with Crippen molar-refractivity contribution in [2.45, 2.75) is 33.6 Å². The zero-order chi connectivity index (χ0) is 14.5. The molecule has 2 aliphatic rings. The van der Waals surface area contributed by atoms with Crippen LogP contribution in [0.4, 0.5) is 5.69 Å². The molecule has 1 aliphatic carbocycles. The van der Waals surface area contributed by atoms with Crippen LogP contribution >= 0.6 is 0 Å². The molecule has 4 heteroatoms. The van der Waals surface area contributed by atoms with Crippen molar-refractivity contribution in [3.8, 4) is 0 Å². The average molecular weight is 272 g/mol. The minimum absolute atomic E-state index is 0.0820. The standard InChI is InChI=1S/C16H20N2O2/c1-15(2)12-9-10-16(15,3)14(20)18(13(12)19)17-11-7-5-4-6-8-11/h4-8,12,17H,9-10H2,1-3H3/t12-,16-/m1/s1. The third-order valence-corrected chi connectivity index (χ3v) is 5.43. The number of anilines is 1. The quantitative estimate of drug-likeness (QED) is 0.842. The maximum atomic E-state index is 12.8. The lowest BCUT2D eigenvalue weighted by atomic mass is 9.63. The lowest BCUT2D eigenvalue weighted by Gasteiger charge is -2.47. The summed E-state index contributed by atoms with van der Waals surface area (Å²) in [4.78, 5) is 25.4. The van der Waals surface area contributed by atoms with Crippen LogP contribution in [0.3, 0.4) is 0 Å². The summed E-state index contributed by atoms with van der Waals surface area (Å²) >= 11 is 0. The first-order valence-electron chi connectivity index (χ1n) is 7.08. The maximum Gasteiger partial charge on any atom is 0.254 e.